The molecule has 1 amide bonds. The Kier molecular flexibility index (Phi) is 3.87. The molecule has 5 nitrogen and oxygen atoms in total. The van der Waals surface area contributed by atoms with Crippen LogP contribution in [0.15, 0.2) is 73.2 Å². The summed E-state index contributed by atoms with van der Waals surface area (Å²) in [4.78, 5) is 21.9. The number of imidazole rings is 1. The third-order valence-electron chi connectivity index (χ3n) is 4.35. The number of halogens is 1. The summed E-state index contributed by atoms with van der Waals surface area (Å²) >= 11 is 1.33. The first-order valence-corrected chi connectivity index (χ1v) is 9.38. The normalized spacial score (nSPS) is 11.2. The van der Waals surface area contributed by atoms with E-state index in [1.165, 1.54) is 23.5 Å². The van der Waals surface area contributed by atoms with Crippen molar-refractivity contribution in [3.63, 3.8) is 0 Å². The monoisotopic (exact) mass is 388 g/mol. The minimum absolute atomic E-state index is 0.226. The fourth-order valence-electron chi connectivity index (χ4n) is 3.04. The molecule has 3 aromatic heterocycles. The smallest absolute Gasteiger partial charge is 0.265 e. The van der Waals surface area contributed by atoms with Crippen LogP contribution in [-0.4, -0.2) is 20.3 Å². The summed E-state index contributed by atoms with van der Waals surface area (Å²) in [6.07, 6.45) is 5.47. The van der Waals surface area contributed by atoms with Crippen molar-refractivity contribution in [1.29, 1.82) is 0 Å². The summed E-state index contributed by atoms with van der Waals surface area (Å²) in [6, 6.07) is 15.5. The largest absolute Gasteiger partial charge is 0.321 e. The van der Waals surface area contributed by atoms with Crippen molar-refractivity contribution in [1.82, 2.24) is 14.4 Å². The maximum Gasteiger partial charge on any atom is 0.265 e. The molecule has 0 aliphatic rings. The standard InChI is InChI=1S/C21H13FN4OS/c22-15-5-6-18-14(9-15)11-19(28-18)20(27)24-16-4-1-3-13(10-16)17-12-26-8-2-7-23-21(26)25-17/h1-12H,(H,24,27). The minimum atomic E-state index is -0.313. The summed E-state index contributed by atoms with van der Waals surface area (Å²) in [6.45, 7) is 0. The van der Waals surface area contributed by atoms with Gasteiger partial charge in [0.05, 0.1) is 10.6 Å². The van der Waals surface area contributed by atoms with Gasteiger partial charge in [0.15, 0.2) is 0 Å². The first-order chi connectivity index (χ1) is 13.7. The Morgan fingerprint density at radius 2 is 2.04 bits per heavy atom. The molecule has 7 heteroatoms. The lowest BCUT2D eigenvalue weighted by Crippen LogP contribution is -2.09. The van der Waals surface area contributed by atoms with E-state index >= 15 is 0 Å². The number of anilines is 1. The number of amides is 1. The number of nitrogens with one attached hydrogen (secondary N) is 1. The topological polar surface area (TPSA) is 59.3 Å². The summed E-state index contributed by atoms with van der Waals surface area (Å²) in [7, 11) is 0. The van der Waals surface area contributed by atoms with Crippen molar-refractivity contribution in [2.45, 2.75) is 0 Å². The second-order valence-electron chi connectivity index (χ2n) is 6.28. The number of hydrogen-bond donors (Lipinski definition) is 1. The Hall–Kier alpha value is -3.58. The number of hydrogen-bond acceptors (Lipinski definition) is 4. The molecule has 0 aliphatic carbocycles. The number of aromatic nitrogens is 3. The molecule has 5 rings (SSSR count). The van der Waals surface area contributed by atoms with E-state index in [-0.39, 0.29) is 11.7 Å². The number of carbonyl (C=O) groups excluding carboxylic acids is 1. The summed E-state index contributed by atoms with van der Waals surface area (Å²) in [5.41, 5.74) is 2.31. The predicted octanol–water partition coefficient (Wildman–Crippen LogP) is 5.00. The number of nitrogens with zero attached hydrogens (tertiary/aromatic N) is 3. The van der Waals surface area contributed by atoms with Crippen LogP contribution < -0.4 is 5.32 Å². The number of fused-ring (bicyclic) bond motifs is 2. The highest BCUT2D eigenvalue weighted by atomic mass is 32.1. The molecule has 28 heavy (non-hydrogen) atoms. The highest BCUT2D eigenvalue weighted by Crippen LogP contribution is 2.28. The van der Waals surface area contributed by atoms with Crippen LogP contribution >= 0.6 is 11.3 Å². The first-order valence-electron chi connectivity index (χ1n) is 8.56. The first kappa shape index (κ1) is 16.6. The van der Waals surface area contributed by atoms with Gasteiger partial charge in [-0.3, -0.25) is 9.20 Å². The lowest BCUT2D eigenvalue weighted by Gasteiger charge is -2.05. The molecule has 0 bridgehead atoms. The number of benzene rings is 2. The third kappa shape index (κ3) is 3.01. The lowest BCUT2D eigenvalue weighted by molar-refractivity contribution is 0.103. The molecule has 3 heterocycles. The van der Waals surface area contributed by atoms with Crippen molar-refractivity contribution in [2.24, 2.45) is 0 Å². The van der Waals surface area contributed by atoms with E-state index in [1.54, 1.807) is 18.3 Å². The van der Waals surface area contributed by atoms with Gasteiger partial charge in [-0.05, 0) is 47.9 Å². The summed E-state index contributed by atoms with van der Waals surface area (Å²) in [5.74, 6) is 0.0757. The van der Waals surface area contributed by atoms with Gasteiger partial charge in [0.2, 0.25) is 5.78 Å². The van der Waals surface area contributed by atoms with E-state index in [9.17, 15) is 9.18 Å². The van der Waals surface area contributed by atoms with Crippen LogP contribution in [0.25, 0.3) is 27.1 Å². The molecule has 5 aromatic rings. The van der Waals surface area contributed by atoms with Gasteiger partial charge in [-0.15, -0.1) is 11.3 Å². The average Bonchev–Trinajstić information content (AvgIpc) is 3.32. The zero-order valence-corrected chi connectivity index (χ0v) is 15.3. The van der Waals surface area contributed by atoms with Crippen LogP contribution in [0, 0.1) is 5.82 Å². The molecule has 0 saturated heterocycles. The van der Waals surface area contributed by atoms with E-state index in [2.05, 4.69) is 15.3 Å². The van der Waals surface area contributed by atoms with Crippen molar-refractivity contribution < 1.29 is 9.18 Å². The van der Waals surface area contributed by atoms with Crippen LogP contribution in [0.2, 0.25) is 0 Å². The Bertz CT molecular complexity index is 1310. The Morgan fingerprint density at radius 3 is 2.93 bits per heavy atom. The zero-order valence-electron chi connectivity index (χ0n) is 14.5. The molecule has 1 N–H and O–H groups in total. The zero-order chi connectivity index (χ0) is 19.1. The highest BCUT2D eigenvalue weighted by Gasteiger charge is 2.12. The van der Waals surface area contributed by atoms with Crippen molar-refractivity contribution in [2.75, 3.05) is 5.32 Å². The van der Waals surface area contributed by atoms with Gasteiger partial charge in [-0.2, -0.15) is 0 Å². The predicted molar refractivity (Wildman–Crippen MR) is 108 cm³/mol. The van der Waals surface area contributed by atoms with Gasteiger partial charge in [0.25, 0.3) is 5.91 Å². The molecule has 0 fully saturated rings. The van der Waals surface area contributed by atoms with Gasteiger partial charge >= 0.3 is 0 Å². The molecular weight excluding hydrogens is 375 g/mol. The van der Waals surface area contributed by atoms with E-state index < -0.39 is 0 Å². The second-order valence-corrected chi connectivity index (χ2v) is 7.36. The van der Waals surface area contributed by atoms with E-state index in [4.69, 9.17) is 0 Å². The Labute approximate surface area is 163 Å². The minimum Gasteiger partial charge on any atom is -0.321 e. The SMILES string of the molecule is O=C(Nc1cccc(-c2cn3cccnc3n2)c1)c1cc2cc(F)ccc2s1. The van der Waals surface area contributed by atoms with Crippen LogP contribution in [0.5, 0.6) is 0 Å². The molecule has 2 aromatic carbocycles. The second kappa shape index (κ2) is 6.54. The molecular formula is C21H13FN4OS. The quantitative estimate of drug-likeness (QED) is 0.473. The number of thiophene rings is 1. The van der Waals surface area contributed by atoms with Crippen LogP contribution in [-0.2, 0) is 0 Å². The van der Waals surface area contributed by atoms with Crippen molar-refractivity contribution >= 4 is 38.8 Å². The van der Waals surface area contributed by atoms with Gasteiger partial charge in [0.1, 0.15) is 5.82 Å². The lowest BCUT2D eigenvalue weighted by atomic mass is 10.1. The van der Waals surface area contributed by atoms with Gasteiger partial charge in [-0.25, -0.2) is 14.4 Å². The van der Waals surface area contributed by atoms with Crippen LogP contribution in [0.3, 0.4) is 0 Å². The molecule has 136 valence electrons. The fourth-order valence-corrected chi connectivity index (χ4v) is 3.98. The summed E-state index contributed by atoms with van der Waals surface area (Å²) < 4.78 is 16.1. The Balaban J connectivity index is 1.43. The van der Waals surface area contributed by atoms with Crippen LogP contribution in [0.1, 0.15) is 9.67 Å². The van der Waals surface area contributed by atoms with E-state index in [0.29, 0.717) is 16.3 Å². The average molecular weight is 388 g/mol. The molecule has 0 unspecified atom stereocenters. The van der Waals surface area contributed by atoms with Gasteiger partial charge in [-0.1, -0.05) is 12.1 Å². The molecule has 0 atom stereocenters. The third-order valence-corrected chi connectivity index (χ3v) is 5.47. The fraction of sp³-hybridized carbons (Fsp3) is 0. The van der Waals surface area contributed by atoms with E-state index in [0.717, 1.165) is 21.3 Å². The molecule has 0 aliphatic heterocycles. The van der Waals surface area contributed by atoms with Crippen LogP contribution in [0.4, 0.5) is 10.1 Å². The molecule has 0 radical (unpaired) electrons. The number of rotatable bonds is 3. The number of carbonyl (C=O) groups is 1. The van der Waals surface area contributed by atoms with Gasteiger partial charge < -0.3 is 5.32 Å². The van der Waals surface area contributed by atoms with Gasteiger partial charge in [0, 0.05) is 34.5 Å². The van der Waals surface area contributed by atoms with Crippen molar-refractivity contribution in [3.05, 3.63) is 83.9 Å². The highest BCUT2D eigenvalue weighted by molar-refractivity contribution is 7.20. The Morgan fingerprint density at radius 1 is 1.11 bits per heavy atom. The molecule has 0 saturated carbocycles. The summed E-state index contributed by atoms with van der Waals surface area (Å²) in [5, 5.41) is 3.63. The maximum absolute atomic E-state index is 13.4. The molecule has 0 spiro atoms. The maximum atomic E-state index is 13.4. The van der Waals surface area contributed by atoms with Crippen molar-refractivity contribution in [3.8, 4) is 11.3 Å². The van der Waals surface area contributed by atoms with E-state index in [1.807, 2.05) is 47.1 Å².